The first kappa shape index (κ1) is 12.5. The molecule has 1 aliphatic rings. The van der Waals surface area contributed by atoms with Crippen LogP contribution in [0.25, 0.3) is 0 Å². The van der Waals surface area contributed by atoms with Crippen molar-refractivity contribution in [2.45, 2.75) is 39.2 Å². The van der Waals surface area contributed by atoms with Crippen molar-refractivity contribution in [1.82, 2.24) is 4.90 Å². The Bertz CT molecular complexity index is 222. The van der Waals surface area contributed by atoms with Crippen LogP contribution in [0.5, 0.6) is 0 Å². The van der Waals surface area contributed by atoms with Gasteiger partial charge in [0.2, 0.25) is 0 Å². The molecule has 0 bridgehead atoms. The summed E-state index contributed by atoms with van der Waals surface area (Å²) in [5, 5.41) is 18.2. The van der Waals surface area contributed by atoms with Gasteiger partial charge >= 0.3 is 5.97 Å². The van der Waals surface area contributed by atoms with Crippen LogP contribution in [0.4, 0.5) is 0 Å². The SMILES string of the molecule is CCC(C(=O)O)N1CCC(C)(CO)CC1. The van der Waals surface area contributed by atoms with Gasteiger partial charge in [-0.2, -0.15) is 0 Å². The van der Waals surface area contributed by atoms with Gasteiger partial charge in [0.05, 0.1) is 0 Å². The normalized spacial score (nSPS) is 23.7. The van der Waals surface area contributed by atoms with Gasteiger partial charge in [0.15, 0.2) is 0 Å². The van der Waals surface area contributed by atoms with Gasteiger partial charge in [-0.15, -0.1) is 0 Å². The summed E-state index contributed by atoms with van der Waals surface area (Å²) in [5.41, 5.74) is -0.00665. The Kier molecular flexibility index (Phi) is 4.11. The van der Waals surface area contributed by atoms with E-state index in [1.165, 1.54) is 0 Å². The van der Waals surface area contributed by atoms with Crippen molar-refractivity contribution in [2.24, 2.45) is 5.41 Å². The Balaban J connectivity index is 2.52. The molecule has 0 spiro atoms. The molecule has 1 atom stereocenters. The number of hydrogen-bond donors (Lipinski definition) is 2. The molecule has 1 saturated heterocycles. The Morgan fingerprint density at radius 1 is 1.47 bits per heavy atom. The summed E-state index contributed by atoms with van der Waals surface area (Å²) in [6.07, 6.45) is 2.41. The number of rotatable bonds is 4. The van der Waals surface area contributed by atoms with Gasteiger partial charge in [-0.25, -0.2) is 0 Å². The smallest absolute Gasteiger partial charge is 0.320 e. The van der Waals surface area contributed by atoms with E-state index in [1.807, 2.05) is 11.8 Å². The zero-order valence-electron chi connectivity index (χ0n) is 9.57. The first-order valence-electron chi connectivity index (χ1n) is 5.60. The second-order valence-corrected chi connectivity index (χ2v) is 4.77. The highest BCUT2D eigenvalue weighted by molar-refractivity contribution is 5.73. The first-order valence-corrected chi connectivity index (χ1v) is 5.60. The van der Waals surface area contributed by atoms with Crippen LogP contribution in [-0.2, 0) is 4.79 Å². The molecular weight excluding hydrogens is 194 g/mol. The number of nitrogens with zero attached hydrogens (tertiary/aromatic N) is 1. The van der Waals surface area contributed by atoms with Crippen LogP contribution >= 0.6 is 0 Å². The molecule has 1 heterocycles. The molecular formula is C11H21NO3. The van der Waals surface area contributed by atoms with Crippen LogP contribution in [0.2, 0.25) is 0 Å². The van der Waals surface area contributed by atoms with E-state index < -0.39 is 5.97 Å². The second kappa shape index (κ2) is 4.94. The lowest BCUT2D eigenvalue weighted by molar-refractivity contribution is -0.144. The topological polar surface area (TPSA) is 60.8 Å². The monoisotopic (exact) mass is 215 g/mol. The number of aliphatic hydroxyl groups is 1. The molecule has 1 fully saturated rings. The summed E-state index contributed by atoms with van der Waals surface area (Å²) < 4.78 is 0. The lowest BCUT2D eigenvalue weighted by Crippen LogP contribution is -2.48. The molecule has 0 aliphatic carbocycles. The maximum atomic E-state index is 11.0. The third-order valence-electron chi connectivity index (χ3n) is 3.50. The Morgan fingerprint density at radius 3 is 2.33 bits per heavy atom. The number of likely N-dealkylation sites (tertiary alicyclic amines) is 1. The Hall–Kier alpha value is -0.610. The second-order valence-electron chi connectivity index (χ2n) is 4.77. The fourth-order valence-electron chi connectivity index (χ4n) is 2.12. The van der Waals surface area contributed by atoms with E-state index in [9.17, 15) is 9.90 Å². The first-order chi connectivity index (χ1) is 7.02. The summed E-state index contributed by atoms with van der Waals surface area (Å²) in [4.78, 5) is 13.0. The van der Waals surface area contributed by atoms with Crippen LogP contribution in [0.1, 0.15) is 33.1 Å². The number of carbonyl (C=O) groups is 1. The summed E-state index contributed by atoms with van der Waals surface area (Å²) >= 11 is 0. The van der Waals surface area contributed by atoms with Crippen LogP contribution in [0, 0.1) is 5.41 Å². The fraction of sp³-hybridized carbons (Fsp3) is 0.909. The number of aliphatic hydroxyl groups excluding tert-OH is 1. The standard InChI is InChI=1S/C11H21NO3/c1-3-9(10(14)15)12-6-4-11(2,8-13)5-7-12/h9,13H,3-8H2,1-2H3,(H,14,15). The molecule has 0 saturated carbocycles. The molecule has 1 unspecified atom stereocenters. The van der Waals surface area contributed by atoms with Crippen molar-refractivity contribution >= 4 is 5.97 Å². The summed E-state index contributed by atoms with van der Waals surface area (Å²) in [7, 11) is 0. The Morgan fingerprint density at radius 2 is 2.00 bits per heavy atom. The molecule has 1 aliphatic heterocycles. The molecule has 88 valence electrons. The zero-order chi connectivity index (χ0) is 11.5. The van der Waals surface area contributed by atoms with Crippen LogP contribution in [0.15, 0.2) is 0 Å². The number of carboxylic acids is 1. The summed E-state index contributed by atoms with van der Waals surface area (Å²) in [5.74, 6) is -0.731. The van der Waals surface area contributed by atoms with Crippen molar-refractivity contribution in [3.05, 3.63) is 0 Å². The minimum absolute atomic E-state index is 0.00665. The van der Waals surface area contributed by atoms with Gasteiger partial charge in [-0.1, -0.05) is 13.8 Å². The van der Waals surface area contributed by atoms with Gasteiger partial charge < -0.3 is 10.2 Å². The van der Waals surface area contributed by atoms with Crippen molar-refractivity contribution in [3.63, 3.8) is 0 Å². The molecule has 15 heavy (non-hydrogen) atoms. The van der Waals surface area contributed by atoms with Gasteiger partial charge in [0, 0.05) is 6.61 Å². The number of hydrogen-bond acceptors (Lipinski definition) is 3. The van der Waals surface area contributed by atoms with E-state index in [-0.39, 0.29) is 18.1 Å². The zero-order valence-corrected chi connectivity index (χ0v) is 9.57. The average molecular weight is 215 g/mol. The molecule has 0 radical (unpaired) electrons. The van der Waals surface area contributed by atoms with Gasteiger partial charge in [0.25, 0.3) is 0 Å². The van der Waals surface area contributed by atoms with Crippen LogP contribution in [0.3, 0.4) is 0 Å². The molecule has 1 rings (SSSR count). The fourth-order valence-corrected chi connectivity index (χ4v) is 2.12. The maximum Gasteiger partial charge on any atom is 0.320 e. The molecule has 0 amide bonds. The van der Waals surface area contributed by atoms with Crippen molar-refractivity contribution in [3.8, 4) is 0 Å². The van der Waals surface area contributed by atoms with Gasteiger partial charge in [-0.3, -0.25) is 9.69 Å². The predicted octanol–water partition coefficient (Wildman–Crippen LogP) is 0.944. The third kappa shape index (κ3) is 2.92. The van der Waals surface area contributed by atoms with Crippen molar-refractivity contribution in [2.75, 3.05) is 19.7 Å². The highest BCUT2D eigenvalue weighted by Gasteiger charge is 2.33. The number of aliphatic carboxylic acids is 1. The maximum absolute atomic E-state index is 11.0. The van der Waals surface area contributed by atoms with Crippen molar-refractivity contribution in [1.29, 1.82) is 0 Å². The van der Waals surface area contributed by atoms with E-state index in [0.29, 0.717) is 6.42 Å². The molecule has 4 nitrogen and oxygen atoms in total. The molecule has 0 aromatic carbocycles. The summed E-state index contributed by atoms with van der Waals surface area (Å²) in [6, 6.07) is -0.353. The minimum Gasteiger partial charge on any atom is -0.480 e. The molecule has 0 aromatic heterocycles. The highest BCUT2D eigenvalue weighted by atomic mass is 16.4. The van der Waals surface area contributed by atoms with E-state index in [4.69, 9.17) is 5.11 Å². The number of piperidine rings is 1. The van der Waals surface area contributed by atoms with Gasteiger partial charge in [-0.05, 0) is 37.8 Å². The molecule has 2 N–H and O–H groups in total. The molecule has 4 heteroatoms. The number of carboxylic acid groups (broad SMARTS) is 1. The van der Waals surface area contributed by atoms with E-state index in [2.05, 4.69) is 6.92 Å². The van der Waals surface area contributed by atoms with E-state index in [1.54, 1.807) is 0 Å². The third-order valence-corrected chi connectivity index (χ3v) is 3.50. The molecule has 0 aromatic rings. The van der Waals surface area contributed by atoms with Gasteiger partial charge in [0.1, 0.15) is 6.04 Å². The van der Waals surface area contributed by atoms with Crippen molar-refractivity contribution < 1.29 is 15.0 Å². The predicted molar refractivity (Wildman–Crippen MR) is 57.7 cm³/mol. The largest absolute Gasteiger partial charge is 0.480 e. The quantitative estimate of drug-likeness (QED) is 0.733. The highest BCUT2D eigenvalue weighted by Crippen LogP contribution is 2.31. The lowest BCUT2D eigenvalue weighted by atomic mass is 9.81. The van der Waals surface area contributed by atoms with Crippen LogP contribution in [-0.4, -0.2) is 46.8 Å². The van der Waals surface area contributed by atoms with E-state index in [0.717, 1.165) is 25.9 Å². The minimum atomic E-state index is -0.731. The van der Waals surface area contributed by atoms with Crippen LogP contribution < -0.4 is 0 Å². The summed E-state index contributed by atoms with van der Waals surface area (Å²) in [6.45, 7) is 5.72. The lowest BCUT2D eigenvalue weighted by Gasteiger charge is -2.40. The Labute approximate surface area is 90.9 Å². The van der Waals surface area contributed by atoms with E-state index >= 15 is 0 Å². The average Bonchev–Trinajstić information content (AvgIpc) is 2.22.